The van der Waals surface area contributed by atoms with Gasteiger partial charge in [-0.25, -0.2) is 13.2 Å². The van der Waals surface area contributed by atoms with E-state index in [2.05, 4.69) is 0 Å². The fourth-order valence-electron chi connectivity index (χ4n) is 2.02. The van der Waals surface area contributed by atoms with Gasteiger partial charge in [-0.1, -0.05) is 0 Å². The summed E-state index contributed by atoms with van der Waals surface area (Å²) in [7, 11) is 0. The first-order valence-electron chi connectivity index (χ1n) is 5.38. The van der Waals surface area contributed by atoms with Crippen LogP contribution in [0.5, 0.6) is 0 Å². The number of nitrogens with two attached hydrogens (primary N) is 1. The highest BCUT2D eigenvalue weighted by atomic mass is 19.3. The van der Waals surface area contributed by atoms with Crippen molar-refractivity contribution in [3.63, 3.8) is 0 Å². The number of ether oxygens (including phenoxy) is 1. The van der Waals surface area contributed by atoms with E-state index in [-0.39, 0.29) is 25.0 Å². The van der Waals surface area contributed by atoms with Crippen LogP contribution in [0.2, 0.25) is 0 Å². The molecule has 1 atom stereocenters. The minimum absolute atomic E-state index is 0.0146. The predicted molar refractivity (Wildman–Crippen MR) is 53.3 cm³/mol. The Morgan fingerprint density at radius 2 is 2.12 bits per heavy atom. The van der Waals surface area contributed by atoms with Crippen LogP contribution in [0, 0.1) is 0 Å². The summed E-state index contributed by atoms with van der Waals surface area (Å²) in [5.74, 6) is -3.44. The fraction of sp³-hybridized carbons (Fsp3) is 0.636. The van der Waals surface area contributed by atoms with Crippen molar-refractivity contribution < 1.29 is 17.9 Å². The van der Waals surface area contributed by atoms with Crippen molar-refractivity contribution in [2.24, 2.45) is 5.73 Å². The molecule has 2 nitrogen and oxygen atoms in total. The molecule has 1 fully saturated rings. The maximum Gasteiger partial charge on any atom is 0.284 e. The highest BCUT2D eigenvalue weighted by molar-refractivity contribution is 5.24. The first-order chi connectivity index (χ1) is 7.49. The van der Waals surface area contributed by atoms with Crippen molar-refractivity contribution in [2.75, 3.05) is 0 Å². The third kappa shape index (κ3) is 2.18. The fourth-order valence-corrected chi connectivity index (χ4v) is 2.02. The van der Waals surface area contributed by atoms with Crippen LogP contribution in [0.15, 0.2) is 23.4 Å². The Morgan fingerprint density at radius 1 is 1.38 bits per heavy atom. The third-order valence-corrected chi connectivity index (χ3v) is 2.95. The molecule has 0 amide bonds. The minimum Gasteiger partial charge on any atom is -0.485 e. The van der Waals surface area contributed by atoms with Gasteiger partial charge in [-0.05, 0) is 25.3 Å². The molecule has 0 radical (unpaired) electrons. The molecule has 0 saturated heterocycles. The number of halogens is 3. The molecule has 0 bridgehead atoms. The van der Waals surface area contributed by atoms with Crippen molar-refractivity contribution in [3.8, 4) is 0 Å². The van der Waals surface area contributed by atoms with Crippen LogP contribution in [0.25, 0.3) is 0 Å². The molecule has 5 heteroatoms. The molecule has 1 saturated carbocycles. The number of allylic oxidation sites excluding steroid dienone is 4. The monoisotopic (exact) mass is 233 g/mol. The van der Waals surface area contributed by atoms with Gasteiger partial charge in [0.05, 0.1) is 0 Å². The summed E-state index contributed by atoms with van der Waals surface area (Å²) in [5.41, 5.74) is 5.85. The lowest BCUT2D eigenvalue weighted by atomic mass is 10.1. The SMILES string of the molecule is NC1=CC(F)=C(OC2CCCC2(F)F)CC1. The van der Waals surface area contributed by atoms with E-state index >= 15 is 0 Å². The van der Waals surface area contributed by atoms with Gasteiger partial charge in [-0.3, -0.25) is 0 Å². The number of hydrogen-bond donors (Lipinski definition) is 1. The van der Waals surface area contributed by atoms with Crippen LogP contribution in [0.1, 0.15) is 32.1 Å². The van der Waals surface area contributed by atoms with Crippen LogP contribution in [0.4, 0.5) is 13.2 Å². The Kier molecular flexibility index (Phi) is 2.86. The van der Waals surface area contributed by atoms with E-state index in [0.717, 1.165) is 6.08 Å². The van der Waals surface area contributed by atoms with E-state index in [4.69, 9.17) is 10.5 Å². The first kappa shape index (κ1) is 11.4. The first-order valence-corrected chi connectivity index (χ1v) is 5.38. The summed E-state index contributed by atoms with van der Waals surface area (Å²) in [6.45, 7) is 0. The van der Waals surface area contributed by atoms with Gasteiger partial charge in [0.15, 0.2) is 11.9 Å². The maximum atomic E-state index is 13.4. The van der Waals surface area contributed by atoms with Gasteiger partial charge in [0, 0.05) is 18.5 Å². The van der Waals surface area contributed by atoms with Gasteiger partial charge in [0.25, 0.3) is 5.92 Å². The summed E-state index contributed by atoms with van der Waals surface area (Å²) in [5, 5.41) is 0. The Labute approximate surface area is 91.9 Å². The number of hydrogen-bond acceptors (Lipinski definition) is 2. The summed E-state index contributed by atoms with van der Waals surface area (Å²) >= 11 is 0. The van der Waals surface area contributed by atoms with Gasteiger partial charge >= 0.3 is 0 Å². The summed E-state index contributed by atoms with van der Waals surface area (Å²) in [4.78, 5) is 0. The second kappa shape index (κ2) is 4.03. The molecule has 0 spiro atoms. The zero-order valence-corrected chi connectivity index (χ0v) is 8.81. The van der Waals surface area contributed by atoms with Crippen LogP contribution in [-0.2, 0) is 4.74 Å². The molecule has 2 N–H and O–H groups in total. The molecular formula is C11H14F3NO. The standard InChI is InChI=1S/C11H14F3NO/c12-8-6-7(15)3-4-9(8)16-10-2-1-5-11(10,13)14/h6,10H,1-5,15H2. The van der Waals surface area contributed by atoms with Crippen LogP contribution in [-0.4, -0.2) is 12.0 Å². The smallest absolute Gasteiger partial charge is 0.284 e. The van der Waals surface area contributed by atoms with Gasteiger partial charge < -0.3 is 10.5 Å². The number of rotatable bonds is 2. The normalized spacial score (nSPS) is 29.2. The second-order valence-electron chi connectivity index (χ2n) is 4.25. The number of alkyl halides is 2. The van der Waals surface area contributed by atoms with E-state index in [1.807, 2.05) is 0 Å². The summed E-state index contributed by atoms with van der Waals surface area (Å²) in [6.07, 6.45) is 1.21. The van der Waals surface area contributed by atoms with Crippen molar-refractivity contribution >= 4 is 0 Å². The van der Waals surface area contributed by atoms with E-state index in [0.29, 0.717) is 18.5 Å². The molecule has 1 unspecified atom stereocenters. The molecule has 0 aromatic heterocycles. The van der Waals surface area contributed by atoms with E-state index in [1.165, 1.54) is 0 Å². The predicted octanol–water partition coefficient (Wildman–Crippen LogP) is 3.01. The highest BCUT2D eigenvalue weighted by Gasteiger charge is 2.46. The van der Waals surface area contributed by atoms with Gasteiger partial charge in [-0.2, -0.15) is 0 Å². The van der Waals surface area contributed by atoms with Crippen molar-refractivity contribution in [2.45, 2.75) is 44.1 Å². The minimum atomic E-state index is -2.83. The average molecular weight is 233 g/mol. The Hall–Kier alpha value is -1.13. The van der Waals surface area contributed by atoms with Crippen LogP contribution >= 0.6 is 0 Å². The van der Waals surface area contributed by atoms with Gasteiger partial charge in [-0.15, -0.1) is 0 Å². The van der Waals surface area contributed by atoms with Gasteiger partial charge in [0.1, 0.15) is 5.76 Å². The average Bonchev–Trinajstić information content (AvgIpc) is 2.50. The lowest BCUT2D eigenvalue weighted by Crippen LogP contribution is -2.30. The largest absolute Gasteiger partial charge is 0.485 e. The Bertz CT molecular complexity index is 349. The van der Waals surface area contributed by atoms with E-state index in [9.17, 15) is 13.2 Å². The molecule has 0 aromatic carbocycles. The third-order valence-electron chi connectivity index (χ3n) is 2.95. The Morgan fingerprint density at radius 3 is 2.69 bits per heavy atom. The van der Waals surface area contributed by atoms with E-state index in [1.54, 1.807) is 0 Å². The molecule has 2 aliphatic rings. The zero-order chi connectivity index (χ0) is 11.8. The quantitative estimate of drug-likeness (QED) is 0.795. The Balaban J connectivity index is 2.08. The molecule has 0 aromatic rings. The molecule has 2 rings (SSSR count). The van der Waals surface area contributed by atoms with Crippen LogP contribution < -0.4 is 5.73 Å². The van der Waals surface area contributed by atoms with Crippen molar-refractivity contribution in [3.05, 3.63) is 23.4 Å². The zero-order valence-electron chi connectivity index (χ0n) is 8.81. The molecule has 90 valence electrons. The van der Waals surface area contributed by atoms with Gasteiger partial charge in [0.2, 0.25) is 0 Å². The molecule has 0 heterocycles. The summed E-state index contributed by atoms with van der Waals surface area (Å²) in [6, 6.07) is 0. The van der Waals surface area contributed by atoms with Crippen LogP contribution in [0.3, 0.4) is 0 Å². The molecular weight excluding hydrogens is 219 g/mol. The lowest BCUT2D eigenvalue weighted by Gasteiger charge is -2.23. The maximum absolute atomic E-state index is 13.4. The highest BCUT2D eigenvalue weighted by Crippen LogP contribution is 2.39. The molecule has 16 heavy (non-hydrogen) atoms. The molecule has 0 aliphatic heterocycles. The van der Waals surface area contributed by atoms with Crippen molar-refractivity contribution in [1.29, 1.82) is 0 Å². The lowest BCUT2D eigenvalue weighted by molar-refractivity contribution is -0.0998. The topological polar surface area (TPSA) is 35.2 Å². The van der Waals surface area contributed by atoms with E-state index < -0.39 is 17.9 Å². The second-order valence-corrected chi connectivity index (χ2v) is 4.25. The van der Waals surface area contributed by atoms with Crippen molar-refractivity contribution in [1.82, 2.24) is 0 Å². The molecule has 2 aliphatic carbocycles. The summed E-state index contributed by atoms with van der Waals surface area (Å²) < 4.78 is 45.0.